The first-order valence-corrected chi connectivity index (χ1v) is 7.36. The van der Waals surface area contributed by atoms with E-state index in [-0.39, 0.29) is 0 Å². The summed E-state index contributed by atoms with van der Waals surface area (Å²) in [4.78, 5) is 4.03. The number of rotatable bonds is 7. The molecular weight excluding hydrogens is 248 g/mol. The largest absolute Gasteiger partial charge is 0.494 e. The van der Waals surface area contributed by atoms with Crippen molar-refractivity contribution in [2.75, 3.05) is 6.61 Å². The Morgan fingerprint density at radius 2 is 2.10 bits per heavy atom. The molecule has 2 rings (SSSR count). The molecule has 0 amide bonds. The van der Waals surface area contributed by atoms with Crippen LogP contribution in [0.2, 0.25) is 0 Å². The maximum Gasteiger partial charge on any atom is 0.119 e. The second-order valence-electron chi connectivity index (χ2n) is 5.53. The van der Waals surface area contributed by atoms with Gasteiger partial charge in [-0.25, -0.2) is 4.98 Å². The van der Waals surface area contributed by atoms with E-state index in [4.69, 9.17) is 4.74 Å². The van der Waals surface area contributed by atoms with Gasteiger partial charge in [0.1, 0.15) is 5.75 Å². The summed E-state index contributed by atoms with van der Waals surface area (Å²) in [6.45, 7) is 8.38. The van der Waals surface area contributed by atoms with E-state index in [0.29, 0.717) is 5.92 Å². The number of unbranched alkanes of at least 4 members (excludes halogenated alkanes) is 1. The molecule has 0 radical (unpaired) electrons. The maximum absolute atomic E-state index is 5.82. The normalized spacial score (nSPS) is 11.0. The molecule has 0 saturated heterocycles. The van der Waals surface area contributed by atoms with Crippen molar-refractivity contribution in [2.24, 2.45) is 0 Å². The second kappa shape index (κ2) is 7.13. The van der Waals surface area contributed by atoms with Crippen LogP contribution in [0.5, 0.6) is 5.75 Å². The van der Waals surface area contributed by atoms with Crippen LogP contribution in [0.15, 0.2) is 36.9 Å². The SMILES string of the molecule is Cc1cc(OCCCCn2ccnc2)ccc1C(C)C. The molecule has 3 heteroatoms. The molecule has 1 heterocycles. The van der Waals surface area contributed by atoms with Gasteiger partial charge in [-0.1, -0.05) is 19.9 Å². The fourth-order valence-electron chi connectivity index (χ4n) is 2.39. The van der Waals surface area contributed by atoms with Gasteiger partial charge in [-0.2, -0.15) is 0 Å². The van der Waals surface area contributed by atoms with Crippen LogP contribution in [-0.4, -0.2) is 16.2 Å². The molecule has 0 aliphatic rings. The summed E-state index contributed by atoms with van der Waals surface area (Å²) in [5.74, 6) is 1.55. The number of imidazole rings is 1. The highest BCUT2D eigenvalue weighted by molar-refractivity contribution is 5.36. The third-order valence-electron chi connectivity index (χ3n) is 3.50. The zero-order chi connectivity index (χ0) is 14.4. The summed E-state index contributed by atoms with van der Waals surface area (Å²) in [6, 6.07) is 6.41. The van der Waals surface area contributed by atoms with Gasteiger partial charge in [0.25, 0.3) is 0 Å². The second-order valence-corrected chi connectivity index (χ2v) is 5.53. The first-order chi connectivity index (χ1) is 9.66. The van der Waals surface area contributed by atoms with Crippen LogP contribution >= 0.6 is 0 Å². The van der Waals surface area contributed by atoms with Crippen LogP contribution in [-0.2, 0) is 6.54 Å². The van der Waals surface area contributed by atoms with Gasteiger partial charge in [-0.3, -0.25) is 0 Å². The number of benzene rings is 1. The predicted molar refractivity (Wildman–Crippen MR) is 82.2 cm³/mol. The zero-order valence-electron chi connectivity index (χ0n) is 12.7. The predicted octanol–water partition coefficient (Wildman–Crippen LogP) is 4.17. The Labute approximate surface area is 121 Å². The molecule has 2 aromatic rings. The monoisotopic (exact) mass is 272 g/mol. The van der Waals surface area contributed by atoms with Gasteiger partial charge >= 0.3 is 0 Å². The minimum absolute atomic E-state index is 0.569. The van der Waals surface area contributed by atoms with Crippen LogP contribution in [0.3, 0.4) is 0 Å². The van der Waals surface area contributed by atoms with Gasteiger partial charge in [0.15, 0.2) is 0 Å². The van der Waals surface area contributed by atoms with Crippen LogP contribution in [0.1, 0.15) is 43.7 Å². The summed E-state index contributed by atoms with van der Waals surface area (Å²) in [5.41, 5.74) is 2.72. The topological polar surface area (TPSA) is 27.1 Å². The Balaban J connectivity index is 1.72. The van der Waals surface area contributed by atoms with E-state index in [1.165, 1.54) is 11.1 Å². The molecule has 0 saturated carbocycles. The number of nitrogens with zero attached hydrogens (tertiary/aromatic N) is 2. The molecule has 0 unspecified atom stereocenters. The molecule has 0 aliphatic carbocycles. The van der Waals surface area contributed by atoms with Gasteiger partial charge in [0, 0.05) is 18.9 Å². The molecule has 1 aromatic heterocycles. The lowest BCUT2D eigenvalue weighted by Gasteiger charge is -2.12. The highest BCUT2D eigenvalue weighted by atomic mass is 16.5. The number of ether oxygens (including phenoxy) is 1. The van der Waals surface area contributed by atoms with Crippen molar-refractivity contribution in [1.82, 2.24) is 9.55 Å². The molecule has 3 nitrogen and oxygen atoms in total. The van der Waals surface area contributed by atoms with Crippen LogP contribution in [0, 0.1) is 6.92 Å². The van der Waals surface area contributed by atoms with Crippen molar-refractivity contribution in [3.05, 3.63) is 48.0 Å². The Morgan fingerprint density at radius 3 is 2.75 bits per heavy atom. The minimum atomic E-state index is 0.569. The fraction of sp³-hybridized carbons (Fsp3) is 0.471. The molecule has 0 N–H and O–H groups in total. The molecule has 0 aliphatic heterocycles. The van der Waals surface area contributed by atoms with Crippen LogP contribution in [0.4, 0.5) is 0 Å². The smallest absolute Gasteiger partial charge is 0.119 e. The minimum Gasteiger partial charge on any atom is -0.494 e. The maximum atomic E-state index is 5.82. The van der Waals surface area contributed by atoms with Gasteiger partial charge in [0.05, 0.1) is 12.9 Å². The van der Waals surface area contributed by atoms with Gasteiger partial charge in [-0.05, 0) is 48.9 Å². The highest BCUT2D eigenvalue weighted by Gasteiger charge is 2.04. The zero-order valence-corrected chi connectivity index (χ0v) is 12.7. The fourth-order valence-corrected chi connectivity index (χ4v) is 2.39. The molecule has 0 spiro atoms. The molecule has 1 aromatic carbocycles. The summed E-state index contributed by atoms with van der Waals surface area (Å²) < 4.78 is 7.91. The van der Waals surface area contributed by atoms with Gasteiger partial charge in [-0.15, -0.1) is 0 Å². The van der Waals surface area contributed by atoms with E-state index in [1.807, 2.05) is 18.7 Å². The average molecular weight is 272 g/mol. The summed E-state index contributed by atoms with van der Waals surface area (Å²) in [7, 11) is 0. The molecule has 0 bridgehead atoms. The molecule has 108 valence electrons. The van der Waals surface area contributed by atoms with Crippen molar-refractivity contribution in [2.45, 2.75) is 46.1 Å². The van der Waals surface area contributed by atoms with E-state index in [9.17, 15) is 0 Å². The molecule has 0 atom stereocenters. The Kier molecular flexibility index (Phi) is 5.22. The number of hydrogen-bond donors (Lipinski definition) is 0. The number of aryl methyl sites for hydroxylation is 2. The van der Waals surface area contributed by atoms with Crippen LogP contribution < -0.4 is 4.74 Å². The third-order valence-corrected chi connectivity index (χ3v) is 3.50. The van der Waals surface area contributed by atoms with Crippen molar-refractivity contribution < 1.29 is 4.74 Å². The first-order valence-electron chi connectivity index (χ1n) is 7.36. The lowest BCUT2D eigenvalue weighted by molar-refractivity contribution is 0.303. The van der Waals surface area contributed by atoms with Gasteiger partial charge in [0.2, 0.25) is 0 Å². The standard InChI is InChI=1S/C17H24N2O/c1-14(2)17-7-6-16(12-15(17)3)20-11-5-4-9-19-10-8-18-13-19/h6-8,10,12-14H,4-5,9,11H2,1-3H3. The van der Waals surface area contributed by atoms with E-state index in [0.717, 1.165) is 31.7 Å². The van der Waals surface area contributed by atoms with Gasteiger partial charge < -0.3 is 9.30 Å². The Bertz CT molecular complexity index is 518. The number of aromatic nitrogens is 2. The highest BCUT2D eigenvalue weighted by Crippen LogP contribution is 2.23. The van der Waals surface area contributed by atoms with Crippen molar-refractivity contribution >= 4 is 0 Å². The summed E-state index contributed by atoms with van der Waals surface area (Å²) in [6.07, 6.45) is 7.84. The van der Waals surface area contributed by atoms with Crippen molar-refractivity contribution in [1.29, 1.82) is 0 Å². The summed E-state index contributed by atoms with van der Waals surface area (Å²) in [5, 5.41) is 0. The van der Waals surface area contributed by atoms with Crippen molar-refractivity contribution in [3.63, 3.8) is 0 Å². The Hall–Kier alpha value is -1.77. The number of hydrogen-bond acceptors (Lipinski definition) is 2. The molecule has 0 fully saturated rings. The first kappa shape index (κ1) is 14.6. The van der Waals surface area contributed by atoms with Crippen molar-refractivity contribution in [3.8, 4) is 5.75 Å². The lowest BCUT2D eigenvalue weighted by Crippen LogP contribution is -2.01. The van der Waals surface area contributed by atoms with E-state index in [2.05, 4.69) is 48.5 Å². The van der Waals surface area contributed by atoms with Crippen LogP contribution in [0.25, 0.3) is 0 Å². The average Bonchev–Trinajstić information content (AvgIpc) is 2.91. The van der Waals surface area contributed by atoms with E-state index in [1.54, 1.807) is 0 Å². The van der Waals surface area contributed by atoms with E-state index >= 15 is 0 Å². The lowest BCUT2D eigenvalue weighted by atomic mass is 9.98. The summed E-state index contributed by atoms with van der Waals surface area (Å²) >= 11 is 0. The Morgan fingerprint density at radius 1 is 1.25 bits per heavy atom. The molecule has 20 heavy (non-hydrogen) atoms. The quantitative estimate of drug-likeness (QED) is 0.707. The van der Waals surface area contributed by atoms with E-state index < -0.39 is 0 Å². The molecular formula is C17H24N2O. The third kappa shape index (κ3) is 4.12.